The number of unbranched alkanes of at least 4 members (excludes halogenated alkanes) is 3. The predicted octanol–water partition coefficient (Wildman–Crippen LogP) is 6.87. The van der Waals surface area contributed by atoms with Crippen molar-refractivity contribution in [1.29, 1.82) is 0 Å². The molecule has 1 aliphatic rings. The van der Waals surface area contributed by atoms with Gasteiger partial charge in [0.25, 0.3) is 0 Å². The zero-order valence-electron chi connectivity index (χ0n) is 26.0. The second kappa shape index (κ2) is 15.6. The zero-order valence-corrected chi connectivity index (χ0v) is 26.0. The number of anilines is 5. The van der Waals surface area contributed by atoms with Crippen LogP contribution in [0.2, 0.25) is 0 Å². The molecule has 4 aromatic rings. The molecule has 3 amide bonds. The van der Waals surface area contributed by atoms with Gasteiger partial charge in [0, 0.05) is 47.9 Å². The number of rotatable bonds is 16. The number of hydrogen-bond donors (Lipinski definition) is 5. The fourth-order valence-electron chi connectivity index (χ4n) is 4.81. The van der Waals surface area contributed by atoms with Crippen LogP contribution in [0.5, 0.6) is 11.6 Å². The summed E-state index contributed by atoms with van der Waals surface area (Å²) in [4.78, 5) is 57.2. The molecule has 13 heteroatoms. The normalized spacial score (nSPS) is 12.8. The summed E-state index contributed by atoms with van der Waals surface area (Å²) >= 11 is 0. The quantitative estimate of drug-likeness (QED) is 0.0638. The molecule has 0 bridgehead atoms. The van der Waals surface area contributed by atoms with Crippen LogP contribution < -0.4 is 26.0 Å². The fourth-order valence-corrected chi connectivity index (χ4v) is 4.81. The van der Waals surface area contributed by atoms with Gasteiger partial charge in [-0.25, -0.2) is 9.37 Å². The van der Waals surface area contributed by atoms with E-state index in [0.717, 1.165) is 12.8 Å². The Balaban J connectivity index is 1.07. The molecule has 5 rings (SSSR count). The molecule has 0 saturated heterocycles. The van der Waals surface area contributed by atoms with Crippen LogP contribution in [-0.4, -0.2) is 38.8 Å². The molecule has 5 N–H and O–H groups in total. The number of halogens is 1. The number of nitrogens with one attached hydrogen (secondary N) is 4. The molecule has 1 aromatic heterocycles. The number of carbonyl (C=O) groups is 4. The molecule has 0 atom stereocenters. The van der Waals surface area contributed by atoms with Crippen molar-refractivity contribution in [3.63, 3.8) is 0 Å². The molecule has 0 unspecified atom stereocenters. The van der Waals surface area contributed by atoms with Gasteiger partial charge in [0.15, 0.2) is 0 Å². The Hall–Kier alpha value is -5.85. The van der Waals surface area contributed by atoms with E-state index >= 15 is 0 Å². The van der Waals surface area contributed by atoms with Crippen LogP contribution in [0.3, 0.4) is 0 Å². The molecular formula is C35H35FN6O6. The van der Waals surface area contributed by atoms with Crippen molar-refractivity contribution >= 4 is 52.4 Å². The van der Waals surface area contributed by atoms with Crippen LogP contribution in [0.4, 0.5) is 33.1 Å². The van der Waals surface area contributed by atoms with Crippen molar-refractivity contribution in [3.05, 3.63) is 90.9 Å². The minimum Gasteiger partial charge on any atom is -0.481 e. The second-order valence-electron chi connectivity index (χ2n) is 11.4. The average molecular weight is 655 g/mol. The van der Waals surface area contributed by atoms with Gasteiger partial charge in [-0.3, -0.25) is 19.2 Å². The fraction of sp³-hybridized carbons (Fsp3) is 0.257. The summed E-state index contributed by atoms with van der Waals surface area (Å²) in [5.41, 5.74) is 1.08. The molecular weight excluding hydrogens is 619 g/mol. The minimum absolute atomic E-state index is 0.102. The van der Waals surface area contributed by atoms with Gasteiger partial charge in [0.2, 0.25) is 29.5 Å². The molecule has 12 nitrogen and oxygen atoms in total. The molecule has 0 spiro atoms. The Morgan fingerprint density at radius 3 is 1.85 bits per heavy atom. The third-order valence-corrected chi connectivity index (χ3v) is 7.66. The third kappa shape index (κ3) is 9.58. The van der Waals surface area contributed by atoms with Crippen molar-refractivity contribution in [1.82, 2.24) is 9.97 Å². The van der Waals surface area contributed by atoms with Gasteiger partial charge in [-0.2, -0.15) is 4.98 Å². The first-order valence-electron chi connectivity index (χ1n) is 15.6. The van der Waals surface area contributed by atoms with Crippen molar-refractivity contribution in [2.24, 2.45) is 5.41 Å². The van der Waals surface area contributed by atoms with Gasteiger partial charge < -0.3 is 31.1 Å². The number of carboxylic acids is 1. The third-order valence-electron chi connectivity index (χ3n) is 7.66. The topological polar surface area (TPSA) is 172 Å². The number of aliphatic carboxylic acids is 1. The first-order chi connectivity index (χ1) is 23.2. The highest BCUT2D eigenvalue weighted by molar-refractivity contribution is 6.16. The number of ether oxygens (including phenoxy) is 1. The number of nitrogens with zero attached hydrogens (tertiary/aromatic N) is 2. The first-order valence-corrected chi connectivity index (χ1v) is 15.6. The van der Waals surface area contributed by atoms with Crippen molar-refractivity contribution < 1.29 is 33.4 Å². The Morgan fingerprint density at radius 2 is 1.25 bits per heavy atom. The summed E-state index contributed by atoms with van der Waals surface area (Å²) < 4.78 is 19.0. The van der Waals surface area contributed by atoms with Gasteiger partial charge in [0.05, 0.1) is 0 Å². The van der Waals surface area contributed by atoms with Crippen molar-refractivity contribution in [2.45, 2.75) is 51.4 Å². The highest BCUT2D eigenvalue weighted by atomic mass is 19.1. The number of carboxylic acid groups (broad SMARTS) is 1. The number of benzene rings is 3. The Labute approximate surface area is 276 Å². The van der Waals surface area contributed by atoms with E-state index < -0.39 is 29.0 Å². The molecule has 248 valence electrons. The van der Waals surface area contributed by atoms with Crippen LogP contribution in [0.25, 0.3) is 0 Å². The number of aromatic nitrogens is 2. The van der Waals surface area contributed by atoms with Crippen LogP contribution in [0.1, 0.15) is 51.4 Å². The van der Waals surface area contributed by atoms with E-state index in [0.29, 0.717) is 66.6 Å². The zero-order chi connectivity index (χ0) is 33.9. The van der Waals surface area contributed by atoms with Gasteiger partial charge in [0.1, 0.15) is 17.0 Å². The largest absolute Gasteiger partial charge is 0.481 e. The Morgan fingerprint density at radius 1 is 0.708 bits per heavy atom. The van der Waals surface area contributed by atoms with E-state index in [-0.39, 0.29) is 18.2 Å². The molecule has 0 aliphatic heterocycles. The molecule has 1 aliphatic carbocycles. The van der Waals surface area contributed by atoms with Gasteiger partial charge >= 0.3 is 5.97 Å². The molecule has 48 heavy (non-hydrogen) atoms. The van der Waals surface area contributed by atoms with E-state index in [1.165, 1.54) is 24.3 Å². The second-order valence-corrected chi connectivity index (χ2v) is 11.4. The van der Waals surface area contributed by atoms with Crippen LogP contribution in [0, 0.1) is 11.2 Å². The van der Waals surface area contributed by atoms with Crippen molar-refractivity contribution in [2.75, 3.05) is 21.3 Å². The van der Waals surface area contributed by atoms with Gasteiger partial charge in [-0.1, -0.05) is 12.8 Å². The smallest absolute Gasteiger partial charge is 0.303 e. The van der Waals surface area contributed by atoms with Crippen LogP contribution >= 0.6 is 0 Å². The average Bonchev–Trinajstić information content (AvgIpc) is 3.88. The molecule has 1 saturated carbocycles. The Bertz CT molecular complexity index is 1750. The van der Waals surface area contributed by atoms with Crippen LogP contribution in [-0.2, 0) is 19.2 Å². The summed E-state index contributed by atoms with van der Waals surface area (Å²) in [7, 11) is 0. The maximum Gasteiger partial charge on any atom is 0.303 e. The Kier molecular flexibility index (Phi) is 10.9. The maximum atomic E-state index is 13.2. The maximum absolute atomic E-state index is 13.2. The highest BCUT2D eigenvalue weighted by Gasteiger charge is 2.56. The molecule has 1 heterocycles. The summed E-state index contributed by atoms with van der Waals surface area (Å²) in [5, 5.41) is 20.1. The summed E-state index contributed by atoms with van der Waals surface area (Å²) in [6.45, 7) is 0. The van der Waals surface area contributed by atoms with E-state index in [1.807, 2.05) is 0 Å². The lowest BCUT2D eigenvalue weighted by Gasteiger charge is -2.16. The van der Waals surface area contributed by atoms with Gasteiger partial charge in [-0.15, -0.1) is 0 Å². The molecule has 0 radical (unpaired) electrons. The lowest BCUT2D eigenvalue weighted by molar-refractivity contribution is -0.137. The first kappa shape index (κ1) is 33.5. The number of carbonyl (C=O) groups excluding carboxylic acids is 3. The standard InChI is InChI=1S/C35H35FN6O6/c36-23-7-9-25(10-8-23)39-32(46)35(20-21-35)33(47)40-26-15-17-28(18-16-26)48-30-19-22-37-34(42-30)41-27-13-11-24(12-14-27)38-29(43)5-3-1-2-4-6-31(44)45/h7-19,22H,1-6,20-21H2,(H,38,43)(H,39,46)(H,40,47)(H,44,45)(H,37,41,42). The van der Waals surface area contributed by atoms with E-state index in [4.69, 9.17) is 9.84 Å². The van der Waals surface area contributed by atoms with Crippen LogP contribution in [0.15, 0.2) is 85.1 Å². The van der Waals surface area contributed by atoms with E-state index in [2.05, 4.69) is 31.2 Å². The lowest BCUT2D eigenvalue weighted by Crippen LogP contribution is -2.35. The number of amides is 3. The monoisotopic (exact) mass is 654 g/mol. The van der Waals surface area contributed by atoms with E-state index in [9.17, 15) is 23.6 Å². The lowest BCUT2D eigenvalue weighted by atomic mass is 10.0. The predicted molar refractivity (Wildman–Crippen MR) is 178 cm³/mol. The highest BCUT2D eigenvalue weighted by Crippen LogP contribution is 2.47. The number of hydrogen-bond acceptors (Lipinski definition) is 8. The van der Waals surface area contributed by atoms with E-state index in [1.54, 1.807) is 60.8 Å². The molecule has 1 fully saturated rings. The summed E-state index contributed by atoms with van der Waals surface area (Å²) in [5.74, 6) is -1.13. The summed E-state index contributed by atoms with van der Waals surface area (Å²) in [6, 6.07) is 20.7. The SMILES string of the molecule is O=C(O)CCCCCCC(=O)Nc1ccc(Nc2nccc(Oc3ccc(NC(=O)C4(C(=O)Nc5ccc(F)cc5)CC4)cc3)n2)cc1. The van der Waals surface area contributed by atoms with Crippen molar-refractivity contribution in [3.8, 4) is 11.6 Å². The minimum atomic E-state index is -1.17. The summed E-state index contributed by atoms with van der Waals surface area (Å²) in [6.07, 6.45) is 5.79. The molecule has 3 aromatic carbocycles. The van der Waals surface area contributed by atoms with Gasteiger partial charge in [-0.05, 0) is 98.5 Å².